The number of hydrogen-bond donors (Lipinski definition) is 2. The van der Waals surface area contributed by atoms with Gasteiger partial charge < -0.3 is 10.2 Å². The summed E-state index contributed by atoms with van der Waals surface area (Å²) in [6, 6.07) is 8.75. The topological polar surface area (TPSA) is 40.5 Å². The van der Waals surface area contributed by atoms with E-state index in [-0.39, 0.29) is 16.2 Å². The Labute approximate surface area is 201 Å². The summed E-state index contributed by atoms with van der Waals surface area (Å²) in [6.07, 6.45) is 6.04. The zero-order valence-corrected chi connectivity index (χ0v) is 22.1. The predicted molar refractivity (Wildman–Crippen MR) is 139 cm³/mol. The first-order valence-electron chi connectivity index (χ1n) is 13.0. The van der Waals surface area contributed by atoms with Crippen LogP contribution in [0.25, 0.3) is 0 Å². The molecule has 33 heavy (non-hydrogen) atoms. The maximum Gasteiger partial charge on any atom is 0.119 e. The number of aromatic hydroxyl groups is 2. The Kier molecular flexibility index (Phi) is 5.91. The van der Waals surface area contributed by atoms with Crippen LogP contribution in [-0.2, 0) is 29.1 Å². The Hall–Kier alpha value is -1.96. The average molecular weight is 449 g/mol. The van der Waals surface area contributed by atoms with Crippen molar-refractivity contribution >= 4 is 0 Å². The number of rotatable bonds is 6. The van der Waals surface area contributed by atoms with Crippen LogP contribution in [-0.4, -0.2) is 10.2 Å². The van der Waals surface area contributed by atoms with Crippen LogP contribution in [0.2, 0.25) is 0 Å². The fraction of sp³-hybridized carbons (Fsp3) is 0.613. The summed E-state index contributed by atoms with van der Waals surface area (Å²) in [4.78, 5) is 0. The summed E-state index contributed by atoms with van der Waals surface area (Å²) >= 11 is 0. The number of aryl methyl sites for hydroxylation is 2. The molecule has 2 aliphatic rings. The molecular weight excluding hydrogens is 404 g/mol. The minimum Gasteiger partial charge on any atom is -0.508 e. The molecular formula is C31H44O2. The molecule has 0 saturated carbocycles. The number of phenolic OH excluding ortho intramolecular Hbond substituents is 2. The monoisotopic (exact) mass is 448 g/mol. The number of benzene rings is 2. The second kappa shape index (κ2) is 8.07. The highest BCUT2D eigenvalue weighted by atomic mass is 16.3. The molecule has 2 aromatic rings. The van der Waals surface area contributed by atoms with E-state index in [9.17, 15) is 10.2 Å². The van der Waals surface area contributed by atoms with Crippen molar-refractivity contribution in [3.8, 4) is 11.5 Å². The molecule has 0 aliphatic heterocycles. The summed E-state index contributed by atoms with van der Waals surface area (Å²) in [5, 5.41) is 22.1. The minimum atomic E-state index is -0.153. The molecule has 0 aromatic heterocycles. The molecule has 180 valence electrons. The maximum atomic E-state index is 11.1. The fourth-order valence-corrected chi connectivity index (χ4v) is 6.75. The zero-order valence-electron chi connectivity index (χ0n) is 22.1. The van der Waals surface area contributed by atoms with E-state index in [0.717, 1.165) is 49.7 Å². The molecule has 0 amide bonds. The molecule has 2 aliphatic carbocycles. The van der Waals surface area contributed by atoms with E-state index in [4.69, 9.17) is 0 Å². The molecule has 0 radical (unpaired) electrons. The van der Waals surface area contributed by atoms with E-state index in [1.807, 2.05) is 0 Å². The van der Waals surface area contributed by atoms with E-state index in [1.165, 1.54) is 22.3 Å². The lowest BCUT2D eigenvalue weighted by Crippen LogP contribution is -2.26. The molecule has 2 nitrogen and oxygen atoms in total. The third-order valence-electron chi connectivity index (χ3n) is 8.40. The summed E-state index contributed by atoms with van der Waals surface area (Å²) in [5.41, 5.74) is 7.38. The van der Waals surface area contributed by atoms with Crippen LogP contribution in [0.15, 0.2) is 24.3 Å². The largest absolute Gasteiger partial charge is 0.508 e. The number of phenols is 2. The summed E-state index contributed by atoms with van der Waals surface area (Å²) in [7, 11) is 0. The van der Waals surface area contributed by atoms with Gasteiger partial charge in [0.1, 0.15) is 11.5 Å². The third kappa shape index (κ3) is 4.08. The van der Waals surface area contributed by atoms with Crippen molar-refractivity contribution in [2.75, 3.05) is 0 Å². The van der Waals surface area contributed by atoms with Gasteiger partial charge in [0.15, 0.2) is 0 Å². The van der Waals surface area contributed by atoms with Crippen LogP contribution in [0.3, 0.4) is 0 Å². The van der Waals surface area contributed by atoms with Gasteiger partial charge in [-0.1, -0.05) is 67.5 Å². The summed E-state index contributed by atoms with van der Waals surface area (Å²) in [6.45, 7) is 18.4. The van der Waals surface area contributed by atoms with E-state index >= 15 is 0 Å². The van der Waals surface area contributed by atoms with E-state index < -0.39 is 0 Å². The number of hydrogen-bond acceptors (Lipinski definition) is 2. The van der Waals surface area contributed by atoms with Crippen LogP contribution in [0.4, 0.5) is 0 Å². The smallest absolute Gasteiger partial charge is 0.119 e. The molecule has 0 unspecified atom stereocenters. The van der Waals surface area contributed by atoms with Gasteiger partial charge in [-0.25, -0.2) is 0 Å². The van der Waals surface area contributed by atoms with Gasteiger partial charge in [0.25, 0.3) is 0 Å². The second-order valence-corrected chi connectivity index (χ2v) is 13.1. The van der Waals surface area contributed by atoms with E-state index in [1.54, 1.807) is 0 Å². The fourth-order valence-electron chi connectivity index (χ4n) is 6.75. The van der Waals surface area contributed by atoms with Crippen LogP contribution < -0.4 is 0 Å². The summed E-state index contributed by atoms with van der Waals surface area (Å²) in [5.74, 6) is 2.12. The highest BCUT2D eigenvalue weighted by molar-refractivity contribution is 5.63. The van der Waals surface area contributed by atoms with Crippen LogP contribution in [0, 0.1) is 11.8 Å². The Bertz CT molecular complexity index is 970. The van der Waals surface area contributed by atoms with Gasteiger partial charge in [-0.3, -0.25) is 0 Å². The molecule has 2 aromatic carbocycles. The predicted octanol–water partition coefficient (Wildman–Crippen LogP) is 7.92. The average Bonchev–Trinajstić information content (AvgIpc) is 3.03. The molecule has 0 fully saturated rings. The lowest BCUT2D eigenvalue weighted by molar-refractivity contribution is 0.348. The molecule has 0 atom stereocenters. The van der Waals surface area contributed by atoms with Crippen LogP contribution >= 0.6 is 0 Å². The van der Waals surface area contributed by atoms with Gasteiger partial charge in [0.05, 0.1) is 0 Å². The molecule has 0 bridgehead atoms. The molecule has 0 heterocycles. The van der Waals surface area contributed by atoms with E-state index in [0.29, 0.717) is 23.3 Å². The first-order valence-corrected chi connectivity index (χ1v) is 13.0. The van der Waals surface area contributed by atoms with Crippen molar-refractivity contribution in [3.63, 3.8) is 0 Å². The second-order valence-electron chi connectivity index (χ2n) is 13.1. The number of fused-ring (bicyclic) bond motifs is 4. The van der Waals surface area contributed by atoms with Crippen LogP contribution in [0.1, 0.15) is 114 Å². The summed E-state index contributed by atoms with van der Waals surface area (Å²) < 4.78 is 0. The Morgan fingerprint density at radius 2 is 1.00 bits per heavy atom. The lowest BCUT2D eigenvalue weighted by Gasteiger charge is -2.30. The van der Waals surface area contributed by atoms with Gasteiger partial charge in [-0.15, -0.1) is 0 Å². The first kappa shape index (κ1) is 24.2. The van der Waals surface area contributed by atoms with Crippen molar-refractivity contribution in [1.29, 1.82) is 0 Å². The highest BCUT2D eigenvalue weighted by Gasteiger charge is 2.56. The Morgan fingerprint density at radius 1 is 0.636 bits per heavy atom. The standard InChI is InChI=1S/C31H44O2/c1-19(2)9-11-21-13-23-25(15-27(21)32)31(17-29(23,5)6)18-30(7,8)24-14-22(12-10-20(3)4)28(33)16-26(24)31/h13-16,19-20,32-33H,9-12,17-18H2,1-8H3. The first-order chi connectivity index (χ1) is 15.3. The Balaban J connectivity index is 1.85. The SMILES string of the molecule is CC(C)CCc1cc2c(cc1O)C1(CC2(C)C)CC(C)(C)c2cc(CCC(C)C)c(O)cc21. The van der Waals surface area contributed by atoms with Crippen LogP contribution in [0.5, 0.6) is 11.5 Å². The molecule has 2 N–H and O–H groups in total. The molecule has 1 spiro atoms. The van der Waals surface area contributed by atoms with Crippen molar-refractivity contribution in [2.45, 2.75) is 110 Å². The quantitative estimate of drug-likeness (QED) is 0.471. The lowest BCUT2D eigenvalue weighted by atomic mass is 9.72. The van der Waals surface area contributed by atoms with Crippen molar-refractivity contribution in [2.24, 2.45) is 11.8 Å². The van der Waals surface area contributed by atoms with Gasteiger partial charge in [-0.05, 0) is 107 Å². The molecule has 4 rings (SSSR count). The minimum absolute atomic E-state index is 0.0270. The van der Waals surface area contributed by atoms with Gasteiger partial charge in [0, 0.05) is 5.41 Å². The maximum absolute atomic E-state index is 11.1. The highest BCUT2D eigenvalue weighted by Crippen LogP contribution is 2.64. The van der Waals surface area contributed by atoms with Gasteiger partial charge >= 0.3 is 0 Å². The van der Waals surface area contributed by atoms with Gasteiger partial charge in [0.2, 0.25) is 0 Å². The van der Waals surface area contributed by atoms with Crippen molar-refractivity contribution < 1.29 is 10.2 Å². The van der Waals surface area contributed by atoms with Crippen molar-refractivity contribution in [3.05, 3.63) is 57.6 Å². The normalized spacial score (nSPS) is 19.5. The van der Waals surface area contributed by atoms with E-state index in [2.05, 4.69) is 79.7 Å². The zero-order chi connectivity index (χ0) is 24.3. The molecule has 0 saturated heterocycles. The van der Waals surface area contributed by atoms with Gasteiger partial charge in [-0.2, -0.15) is 0 Å². The Morgan fingerprint density at radius 3 is 1.33 bits per heavy atom. The third-order valence-corrected chi connectivity index (χ3v) is 8.40. The molecule has 2 heteroatoms. The van der Waals surface area contributed by atoms with Crippen molar-refractivity contribution in [1.82, 2.24) is 0 Å².